The molecule has 226 valence electrons. The zero-order valence-electron chi connectivity index (χ0n) is 24.6. The van der Waals surface area contributed by atoms with Crippen LogP contribution in [0.1, 0.15) is 45.8 Å². The molecule has 10 heteroatoms. The number of aryl methyl sites for hydroxylation is 1. The Morgan fingerprint density at radius 1 is 1.04 bits per heavy atom. The Morgan fingerprint density at radius 2 is 1.84 bits per heavy atom. The first kappa shape index (κ1) is 29.6. The van der Waals surface area contributed by atoms with Gasteiger partial charge in [0.25, 0.3) is 5.56 Å². The second-order valence-electron chi connectivity index (χ2n) is 10.2. The second-order valence-corrected chi connectivity index (χ2v) is 11.3. The van der Waals surface area contributed by atoms with Gasteiger partial charge < -0.3 is 19.0 Å². The first-order valence-corrected chi connectivity index (χ1v) is 15.0. The number of carboxylic acids is 1. The van der Waals surface area contributed by atoms with E-state index in [4.69, 9.17) is 18.9 Å². The van der Waals surface area contributed by atoms with E-state index in [1.165, 1.54) is 22.0 Å². The number of thiazole rings is 1. The van der Waals surface area contributed by atoms with Crippen molar-refractivity contribution in [2.75, 3.05) is 13.7 Å². The smallest absolute Gasteiger partial charge is 0.338 e. The van der Waals surface area contributed by atoms with E-state index >= 15 is 0 Å². The standard InChI is InChI=1S/C35H28N2O7S/c1-4-43-34(41)29-30(21-9-6-5-7-10-21)36-35-37(31(29)22-11-8-12-24(18-22)42-3)32(38)28(45-35)19-25-14-16-27(44-25)26-15-13-23(33(39)40)17-20(26)2/h5-19,31H,4H2,1-3H3,(H,39,40)/b28-19-/t31-/m1/s1. The van der Waals surface area contributed by atoms with Crippen LogP contribution in [0.5, 0.6) is 5.75 Å². The zero-order chi connectivity index (χ0) is 31.7. The lowest BCUT2D eigenvalue weighted by molar-refractivity contribution is -0.138. The van der Waals surface area contributed by atoms with Crippen LogP contribution in [-0.2, 0) is 9.53 Å². The number of esters is 1. The first-order chi connectivity index (χ1) is 21.8. The number of carbonyl (C=O) groups is 2. The molecule has 1 aliphatic rings. The molecule has 3 heterocycles. The molecule has 0 radical (unpaired) electrons. The molecule has 2 aromatic heterocycles. The molecular weight excluding hydrogens is 592 g/mol. The van der Waals surface area contributed by atoms with Crippen molar-refractivity contribution >= 4 is 35.0 Å². The summed E-state index contributed by atoms with van der Waals surface area (Å²) in [5, 5.41) is 9.31. The number of hydrogen-bond acceptors (Lipinski definition) is 8. The Balaban J connectivity index is 1.54. The van der Waals surface area contributed by atoms with E-state index in [9.17, 15) is 19.5 Å². The summed E-state index contributed by atoms with van der Waals surface area (Å²) >= 11 is 1.19. The van der Waals surface area contributed by atoms with Crippen molar-refractivity contribution in [2.24, 2.45) is 4.99 Å². The number of ether oxygens (including phenoxy) is 2. The summed E-state index contributed by atoms with van der Waals surface area (Å²) in [4.78, 5) is 44.4. The number of benzene rings is 3. The third-order valence-electron chi connectivity index (χ3n) is 7.42. The Labute approximate surface area is 261 Å². The average molecular weight is 621 g/mol. The predicted molar refractivity (Wildman–Crippen MR) is 170 cm³/mol. The summed E-state index contributed by atoms with van der Waals surface area (Å²) < 4.78 is 19.0. The highest BCUT2D eigenvalue weighted by molar-refractivity contribution is 7.07. The summed E-state index contributed by atoms with van der Waals surface area (Å²) in [5.41, 5.74) is 3.37. The molecule has 0 bridgehead atoms. The van der Waals surface area contributed by atoms with Gasteiger partial charge in [-0.1, -0.05) is 59.9 Å². The molecule has 9 nitrogen and oxygen atoms in total. The Morgan fingerprint density at radius 3 is 2.56 bits per heavy atom. The average Bonchev–Trinajstić information content (AvgIpc) is 3.64. The highest BCUT2D eigenvalue weighted by Crippen LogP contribution is 2.36. The van der Waals surface area contributed by atoms with Crippen LogP contribution in [0, 0.1) is 6.92 Å². The quantitative estimate of drug-likeness (QED) is 0.237. The monoisotopic (exact) mass is 620 g/mol. The molecule has 45 heavy (non-hydrogen) atoms. The minimum Gasteiger partial charge on any atom is -0.497 e. The normalized spacial score (nSPS) is 14.6. The van der Waals surface area contributed by atoms with Gasteiger partial charge in [-0.15, -0.1) is 0 Å². The molecule has 0 saturated heterocycles. The Kier molecular flexibility index (Phi) is 8.06. The van der Waals surface area contributed by atoms with Gasteiger partial charge in [-0.25, -0.2) is 14.6 Å². The maximum absolute atomic E-state index is 14.1. The van der Waals surface area contributed by atoms with Crippen molar-refractivity contribution < 1.29 is 28.6 Å². The van der Waals surface area contributed by atoms with E-state index in [2.05, 4.69) is 0 Å². The second kappa shape index (κ2) is 12.3. The number of fused-ring (bicyclic) bond motifs is 1. The molecule has 0 aliphatic carbocycles. The SMILES string of the molecule is CCOC(=O)C1=C(c2ccccc2)N=c2s/c(=C\c3ccc(-c4ccc(C(=O)O)cc4C)o3)c(=O)n2[C@@H]1c1cccc(OC)c1. The largest absolute Gasteiger partial charge is 0.497 e. The number of nitrogens with zero attached hydrogens (tertiary/aromatic N) is 2. The Bertz CT molecular complexity index is 2160. The van der Waals surface area contributed by atoms with Gasteiger partial charge in [-0.3, -0.25) is 9.36 Å². The van der Waals surface area contributed by atoms with Crippen LogP contribution in [0.25, 0.3) is 23.1 Å². The van der Waals surface area contributed by atoms with Crippen molar-refractivity contribution in [1.82, 2.24) is 4.57 Å². The van der Waals surface area contributed by atoms with Gasteiger partial charge >= 0.3 is 11.9 Å². The van der Waals surface area contributed by atoms with Gasteiger partial charge in [0.1, 0.15) is 17.3 Å². The minimum absolute atomic E-state index is 0.152. The van der Waals surface area contributed by atoms with E-state index in [1.54, 1.807) is 56.5 Å². The topological polar surface area (TPSA) is 120 Å². The fourth-order valence-corrected chi connectivity index (χ4v) is 6.33. The van der Waals surface area contributed by atoms with Crippen molar-refractivity contribution in [3.8, 4) is 17.1 Å². The van der Waals surface area contributed by atoms with Crippen LogP contribution in [0.2, 0.25) is 0 Å². The van der Waals surface area contributed by atoms with Crippen molar-refractivity contribution in [3.05, 3.63) is 138 Å². The molecule has 0 unspecified atom stereocenters. The van der Waals surface area contributed by atoms with Gasteiger partial charge in [0.2, 0.25) is 0 Å². The number of carbonyl (C=O) groups excluding carboxylic acids is 1. The van der Waals surface area contributed by atoms with Gasteiger partial charge in [0, 0.05) is 17.2 Å². The third-order valence-corrected chi connectivity index (χ3v) is 8.41. The van der Waals surface area contributed by atoms with Gasteiger partial charge in [0.05, 0.1) is 41.1 Å². The van der Waals surface area contributed by atoms with Gasteiger partial charge in [-0.2, -0.15) is 0 Å². The van der Waals surface area contributed by atoms with Crippen LogP contribution in [0.15, 0.2) is 105 Å². The molecule has 0 spiro atoms. The molecule has 0 amide bonds. The van der Waals surface area contributed by atoms with Crippen molar-refractivity contribution in [1.29, 1.82) is 0 Å². The maximum Gasteiger partial charge on any atom is 0.338 e. The van der Waals surface area contributed by atoms with Crippen molar-refractivity contribution in [3.63, 3.8) is 0 Å². The lowest BCUT2D eigenvalue weighted by atomic mass is 9.93. The van der Waals surface area contributed by atoms with Gasteiger partial charge in [-0.05, 0) is 61.4 Å². The fraction of sp³-hybridized carbons (Fsp3) is 0.143. The maximum atomic E-state index is 14.1. The van der Waals surface area contributed by atoms with Crippen LogP contribution in [0.3, 0.4) is 0 Å². The van der Waals surface area contributed by atoms with Crippen LogP contribution < -0.4 is 19.6 Å². The number of hydrogen-bond donors (Lipinski definition) is 1. The summed E-state index contributed by atoms with van der Waals surface area (Å²) in [6, 6.07) is 24.1. The zero-order valence-corrected chi connectivity index (χ0v) is 25.5. The summed E-state index contributed by atoms with van der Waals surface area (Å²) in [7, 11) is 1.56. The third kappa shape index (κ3) is 5.63. The highest BCUT2D eigenvalue weighted by atomic mass is 32.1. The molecule has 3 aromatic carbocycles. The van der Waals surface area contributed by atoms with Crippen LogP contribution in [-0.4, -0.2) is 35.3 Å². The number of aromatic carboxylic acids is 1. The summed E-state index contributed by atoms with van der Waals surface area (Å²) in [6.07, 6.45) is 1.65. The highest BCUT2D eigenvalue weighted by Gasteiger charge is 2.35. The van der Waals surface area contributed by atoms with Crippen LogP contribution >= 0.6 is 11.3 Å². The molecule has 6 rings (SSSR count). The van der Waals surface area contributed by atoms with E-state index in [-0.39, 0.29) is 23.3 Å². The number of methoxy groups -OCH3 is 1. The minimum atomic E-state index is -1.01. The molecule has 0 fully saturated rings. The lowest BCUT2D eigenvalue weighted by Gasteiger charge is -2.26. The molecule has 0 saturated carbocycles. The number of carboxylic acid groups (broad SMARTS) is 1. The lowest BCUT2D eigenvalue weighted by Crippen LogP contribution is -2.40. The molecule has 1 aliphatic heterocycles. The number of rotatable bonds is 8. The first-order valence-electron chi connectivity index (χ1n) is 14.2. The van der Waals surface area contributed by atoms with E-state index in [0.717, 1.165) is 11.1 Å². The van der Waals surface area contributed by atoms with E-state index in [0.29, 0.717) is 43.4 Å². The molecule has 5 aromatic rings. The van der Waals surface area contributed by atoms with E-state index < -0.39 is 18.0 Å². The van der Waals surface area contributed by atoms with Crippen LogP contribution in [0.4, 0.5) is 0 Å². The van der Waals surface area contributed by atoms with Crippen molar-refractivity contribution in [2.45, 2.75) is 19.9 Å². The number of furan rings is 1. The number of aromatic nitrogens is 1. The fourth-order valence-electron chi connectivity index (χ4n) is 5.34. The van der Waals surface area contributed by atoms with Gasteiger partial charge in [0.15, 0.2) is 4.80 Å². The van der Waals surface area contributed by atoms with E-state index in [1.807, 2.05) is 49.4 Å². The molecular formula is C35H28N2O7S. The predicted octanol–water partition coefficient (Wildman–Crippen LogP) is 5.21. The molecule has 1 N–H and O–H groups in total. The molecule has 1 atom stereocenters. The summed E-state index contributed by atoms with van der Waals surface area (Å²) in [5.74, 6) is -0.0292. The summed E-state index contributed by atoms with van der Waals surface area (Å²) in [6.45, 7) is 3.70. The Hall–Kier alpha value is -5.48.